The van der Waals surface area contributed by atoms with Crippen LogP contribution in [0.5, 0.6) is 0 Å². The van der Waals surface area contributed by atoms with Gasteiger partial charge >= 0.3 is 0 Å². The lowest BCUT2D eigenvalue weighted by Gasteiger charge is -2.31. The summed E-state index contributed by atoms with van der Waals surface area (Å²) in [5.74, 6) is 0.421. The molecule has 0 aromatic heterocycles. The highest BCUT2D eigenvalue weighted by Gasteiger charge is 2.28. The number of nitrogens with zero attached hydrogens (tertiary/aromatic N) is 1. The molecule has 0 aliphatic heterocycles. The van der Waals surface area contributed by atoms with Crippen molar-refractivity contribution in [3.63, 3.8) is 0 Å². The molecule has 168 valence electrons. The quantitative estimate of drug-likeness (QED) is 0.534. The molecule has 6 heteroatoms. The molecule has 0 aliphatic rings. The highest BCUT2D eigenvalue weighted by molar-refractivity contribution is 7.99. The monoisotopic (exact) mass is 444 g/mol. The predicted octanol–water partition coefficient (Wildman–Crippen LogP) is 4.95. The third-order valence-electron chi connectivity index (χ3n) is 4.95. The lowest BCUT2D eigenvalue weighted by molar-refractivity contribution is -0.139. The van der Waals surface area contributed by atoms with Gasteiger partial charge in [0.25, 0.3) is 0 Å². The van der Waals surface area contributed by atoms with Crippen LogP contribution in [0.25, 0.3) is 0 Å². The Balaban J connectivity index is 2.13. The second-order valence-corrected chi connectivity index (χ2v) is 9.14. The lowest BCUT2D eigenvalue weighted by Crippen LogP contribution is -2.50. The summed E-state index contributed by atoms with van der Waals surface area (Å²) in [6.07, 6.45) is 0.527. The van der Waals surface area contributed by atoms with Crippen molar-refractivity contribution >= 4 is 23.6 Å². The van der Waals surface area contributed by atoms with Crippen molar-refractivity contribution in [1.29, 1.82) is 0 Å². The molecule has 0 fully saturated rings. The molecular formula is C25H33FN2O2S. The first kappa shape index (κ1) is 24.9. The Morgan fingerprint density at radius 3 is 2.52 bits per heavy atom. The number of carbonyl (C=O) groups excluding carboxylic acids is 2. The SMILES string of the molecule is CC[C@@H](C(=O)NCC(C)C)N(Cc1cccc(C)c1)C(=O)CSCc1ccccc1F. The number of hydrogen-bond donors (Lipinski definition) is 1. The number of hydrogen-bond acceptors (Lipinski definition) is 3. The molecule has 31 heavy (non-hydrogen) atoms. The van der Waals surface area contributed by atoms with Crippen molar-refractivity contribution in [3.05, 3.63) is 71.0 Å². The standard InChI is InChI=1S/C25H33FN2O2S/c1-5-23(25(30)27-14-18(2)3)28(15-20-10-8-9-19(4)13-20)24(29)17-31-16-21-11-6-7-12-22(21)26/h6-13,18,23H,5,14-17H2,1-4H3,(H,27,30)/t23-/m0/s1. The fourth-order valence-corrected chi connectivity index (χ4v) is 4.19. The number of benzene rings is 2. The Kier molecular flexibility index (Phi) is 10.0. The van der Waals surface area contributed by atoms with Gasteiger partial charge in [-0.1, -0.05) is 68.8 Å². The summed E-state index contributed by atoms with van der Waals surface area (Å²) in [6, 6.07) is 14.0. The number of halogens is 1. The van der Waals surface area contributed by atoms with Gasteiger partial charge in [-0.25, -0.2) is 4.39 Å². The summed E-state index contributed by atoms with van der Waals surface area (Å²) >= 11 is 1.37. The fourth-order valence-electron chi connectivity index (χ4n) is 3.30. The normalized spacial score (nSPS) is 11.9. The Hall–Kier alpha value is -2.34. The van der Waals surface area contributed by atoms with E-state index in [9.17, 15) is 14.0 Å². The maximum Gasteiger partial charge on any atom is 0.242 e. The van der Waals surface area contributed by atoms with Crippen LogP contribution in [0.3, 0.4) is 0 Å². The Labute approximate surface area is 189 Å². The minimum atomic E-state index is -0.541. The van der Waals surface area contributed by atoms with Crippen molar-refractivity contribution in [3.8, 4) is 0 Å². The second-order valence-electron chi connectivity index (χ2n) is 8.16. The van der Waals surface area contributed by atoms with Gasteiger partial charge in [0, 0.05) is 18.8 Å². The van der Waals surface area contributed by atoms with Crippen molar-refractivity contribution in [2.75, 3.05) is 12.3 Å². The van der Waals surface area contributed by atoms with E-state index in [-0.39, 0.29) is 23.4 Å². The van der Waals surface area contributed by atoms with Crippen molar-refractivity contribution < 1.29 is 14.0 Å². The molecule has 2 aromatic rings. The number of amides is 2. The molecule has 2 aromatic carbocycles. The summed E-state index contributed by atoms with van der Waals surface area (Å²) in [5, 5.41) is 2.97. The van der Waals surface area contributed by atoms with E-state index >= 15 is 0 Å². The van der Waals surface area contributed by atoms with E-state index < -0.39 is 6.04 Å². The Morgan fingerprint density at radius 2 is 1.87 bits per heavy atom. The maximum absolute atomic E-state index is 13.9. The number of rotatable bonds is 11. The van der Waals surface area contributed by atoms with Crippen LogP contribution in [0, 0.1) is 18.7 Å². The molecule has 0 aliphatic carbocycles. The first-order chi connectivity index (χ1) is 14.8. The third-order valence-corrected chi connectivity index (χ3v) is 5.91. The molecule has 0 bridgehead atoms. The molecule has 2 rings (SSSR count). The predicted molar refractivity (Wildman–Crippen MR) is 126 cm³/mol. The Bertz CT molecular complexity index is 872. The van der Waals surface area contributed by atoms with Crippen LogP contribution in [0.2, 0.25) is 0 Å². The van der Waals surface area contributed by atoms with Gasteiger partial charge in [-0.3, -0.25) is 9.59 Å². The molecule has 0 heterocycles. The smallest absolute Gasteiger partial charge is 0.242 e. The molecule has 0 spiro atoms. The molecular weight excluding hydrogens is 411 g/mol. The summed E-state index contributed by atoms with van der Waals surface area (Å²) in [6.45, 7) is 8.94. The van der Waals surface area contributed by atoms with E-state index in [1.54, 1.807) is 23.1 Å². The van der Waals surface area contributed by atoms with Crippen molar-refractivity contribution in [2.45, 2.75) is 52.5 Å². The maximum atomic E-state index is 13.9. The summed E-state index contributed by atoms with van der Waals surface area (Å²) in [7, 11) is 0. The van der Waals surface area contributed by atoms with Crippen LogP contribution in [0.15, 0.2) is 48.5 Å². The van der Waals surface area contributed by atoms with Crippen LogP contribution < -0.4 is 5.32 Å². The van der Waals surface area contributed by atoms with Crippen LogP contribution in [0.4, 0.5) is 4.39 Å². The average Bonchev–Trinajstić information content (AvgIpc) is 2.73. The van der Waals surface area contributed by atoms with E-state index in [2.05, 4.69) is 5.32 Å². The minimum Gasteiger partial charge on any atom is -0.354 e. The van der Waals surface area contributed by atoms with Crippen LogP contribution >= 0.6 is 11.8 Å². The van der Waals surface area contributed by atoms with Gasteiger partial charge in [0.05, 0.1) is 5.75 Å². The molecule has 1 atom stereocenters. The first-order valence-electron chi connectivity index (χ1n) is 10.8. The zero-order valence-electron chi connectivity index (χ0n) is 18.9. The van der Waals surface area contributed by atoms with E-state index in [1.807, 2.05) is 52.0 Å². The largest absolute Gasteiger partial charge is 0.354 e. The number of carbonyl (C=O) groups is 2. The summed E-state index contributed by atoms with van der Waals surface area (Å²) in [5.41, 5.74) is 2.67. The topological polar surface area (TPSA) is 49.4 Å². The van der Waals surface area contributed by atoms with E-state index in [0.717, 1.165) is 11.1 Å². The highest BCUT2D eigenvalue weighted by Crippen LogP contribution is 2.19. The molecule has 0 saturated carbocycles. The zero-order chi connectivity index (χ0) is 22.8. The third kappa shape index (κ3) is 8.02. The van der Waals surface area contributed by atoms with Gasteiger partial charge in [0.15, 0.2) is 0 Å². The van der Waals surface area contributed by atoms with Crippen LogP contribution in [-0.2, 0) is 21.9 Å². The molecule has 2 amide bonds. The van der Waals surface area contributed by atoms with Gasteiger partial charge in [0.1, 0.15) is 11.9 Å². The molecule has 0 unspecified atom stereocenters. The number of thioether (sulfide) groups is 1. The molecule has 1 N–H and O–H groups in total. The lowest BCUT2D eigenvalue weighted by atomic mass is 10.1. The van der Waals surface area contributed by atoms with Crippen molar-refractivity contribution in [2.24, 2.45) is 5.92 Å². The van der Waals surface area contributed by atoms with Gasteiger partial charge in [-0.05, 0) is 36.5 Å². The van der Waals surface area contributed by atoms with Gasteiger partial charge in [-0.15, -0.1) is 11.8 Å². The van der Waals surface area contributed by atoms with Gasteiger partial charge < -0.3 is 10.2 Å². The summed E-state index contributed by atoms with van der Waals surface area (Å²) in [4.78, 5) is 27.7. The average molecular weight is 445 g/mol. The minimum absolute atomic E-state index is 0.116. The van der Waals surface area contributed by atoms with E-state index in [4.69, 9.17) is 0 Å². The van der Waals surface area contributed by atoms with E-state index in [0.29, 0.717) is 36.7 Å². The second kappa shape index (κ2) is 12.5. The van der Waals surface area contributed by atoms with Gasteiger partial charge in [0.2, 0.25) is 11.8 Å². The van der Waals surface area contributed by atoms with Crippen molar-refractivity contribution in [1.82, 2.24) is 10.2 Å². The van der Waals surface area contributed by atoms with Crippen LogP contribution in [-0.4, -0.2) is 35.1 Å². The summed E-state index contributed by atoms with van der Waals surface area (Å²) < 4.78 is 13.9. The zero-order valence-corrected chi connectivity index (χ0v) is 19.7. The highest BCUT2D eigenvalue weighted by atomic mass is 32.2. The van der Waals surface area contributed by atoms with Crippen LogP contribution in [0.1, 0.15) is 43.9 Å². The van der Waals surface area contributed by atoms with E-state index in [1.165, 1.54) is 17.8 Å². The fraction of sp³-hybridized carbons (Fsp3) is 0.440. The number of aryl methyl sites for hydroxylation is 1. The first-order valence-corrected chi connectivity index (χ1v) is 11.9. The van der Waals surface area contributed by atoms with Gasteiger partial charge in [-0.2, -0.15) is 0 Å². The molecule has 4 nitrogen and oxygen atoms in total. The molecule has 0 radical (unpaired) electrons. The molecule has 0 saturated heterocycles. The number of nitrogens with one attached hydrogen (secondary N) is 1. The Morgan fingerprint density at radius 1 is 1.13 bits per heavy atom.